The van der Waals surface area contributed by atoms with Crippen LogP contribution in [0.5, 0.6) is 0 Å². The average molecular weight is 538 g/mol. The van der Waals surface area contributed by atoms with Crippen LogP contribution < -0.4 is 5.56 Å². The first kappa shape index (κ1) is 26.4. The first-order valence-corrected chi connectivity index (χ1v) is 12.5. The molecule has 190 valence electrons. The van der Waals surface area contributed by atoms with E-state index in [4.69, 9.17) is 20.5 Å². The number of hydrogen-bond donors (Lipinski definition) is 0. The number of ether oxygens (including phenoxy) is 1. The molecule has 2 atom stereocenters. The number of benzene rings is 3. The summed E-state index contributed by atoms with van der Waals surface area (Å²) in [5.41, 5.74) is 3.80. The summed E-state index contributed by atoms with van der Waals surface area (Å²) >= 11 is 3.72. The number of nitrogens with zero attached hydrogens (tertiary/aromatic N) is 2. The molecular formula is C27H22ClN2O6S-. The Morgan fingerprint density at radius 2 is 1.78 bits per heavy atom. The molecule has 0 N–H and O–H groups in total. The summed E-state index contributed by atoms with van der Waals surface area (Å²) < 4.78 is 34.2. The van der Waals surface area contributed by atoms with Crippen LogP contribution in [0, 0.1) is 6.92 Å². The fourth-order valence-electron chi connectivity index (χ4n) is 3.82. The lowest BCUT2D eigenvalue weighted by Gasteiger charge is -2.21. The number of aromatic nitrogens is 2. The van der Waals surface area contributed by atoms with Gasteiger partial charge in [-0.15, -0.1) is 0 Å². The zero-order valence-corrected chi connectivity index (χ0v) is 21.5. The third kappa shape index (κ3) is 6.39. The molecule has 0 aliphatic rings. The van der Waals surface area contributed by atoms with Gasteiger partial charge in [0.1, 0.15) is 6.10 Å². The summed E-state index contributed by atoms with van der Waals surface area (Å²) in [6.07, 6.45) is -0.901. The van der Waals surface area contributed by atoms with Gasteiger partial charge in [0, 0.05) is 11.6 Å². The van der Waals surface area contributed by atoms with Crippen LogP contribution in [0.15, 0.2) is 83.7 Å². The first-order chi connectivity index (χ1) is 17.7. The van der Waals surface area contributed by atoms with Crippen LogP contribution in [0.3, 0.4) is 0 Å². The first-order valence-electron chi connectivity index (χ1n) is 11.1. The third-order valence-corrected chi connectivity index (χ3v) is 6.35. The average Bonchev–Trinajstić information content (AvgIpc) is 2.89. The van der Waals surface area contributed by atoms with Crippen LogP contribution in [0.4, 0.5) is 0 Å². The predicted octanol–water partition coefficient (Wildman–Crippen LogP) is 4.61. The maximum atomic E-state index is 12.6. The molecule has 1 heterocycles. The summed E-state index contributed by atoms with van der Waals surface area (Å²) in [5, 5.41) is 4.84. The van der Waals surface area contributed by atoms with Crippen molar-refractivity contribution in [2.75, 3.05) is 7.11 Å². The SMILES string of the molecule is COC(=O)c1cccc(Cn2nc(-c3cc(C(OS(=O)[O-])c4ccc(C)cc4)ccc3Cl)ccc2=O)c1. The van der Waals surface area contributed by atoms with Gasteiger partial charge in [-0.2, -0.15) is 5.10 Å². The number of methoxy groups -OCH3 is 1. The van der Waals surface area contributed by atoms with E-state index >= 15 is 0 Å². The van der Waals surface area contributed by atoms with E-state index in [1.807, 2.05) is 19.1 Å². The Morgan fingerprint density at radius 3 is 2.49 bits per heavy atom. The van der Waals surface area contributed by atoms with Crippen molar-refractivity contribution in [3.63, 3.8) is 0 Å². The monoisotopic (exact) mass is 537 g/mol. The van der Waals surface area contributed by atoms with E-state index in [0.29, 0.717) is 38.5 Å². The van der Waals surface area contributed by atoms with E-state index in [2.05, 4.69) is 5.10 Å². The highest BCUT2D eigenvalue weighted by Crippen LogP contribution is 2.33. The van der Waals surface area contributed by atoms with Gasteiger partial charge in [0.05, 0.1) is 41.3 Å². The van der Waals surface area contributed by atoms with Crippen molar-refractivity contribution >= 4 is 28.9 Å². The van der Waals surface area contributed by atoms with Crippen LogP contribution in [0.1, 0.15) is 38.7 Å². The lowest BCUT2D eigenvalue weighted by atomic mass is 9.98. The van der Waals surface area contributed by atoms with Crippen molar-refractivity contribution in [3.05, 3.63) is 122 Å². The van der Waals surface area contributed by atoms with Gasteiger partial charge in [0.2, 0.25) is 0 Å². The van der Waals surface area contributed by atoms with Crippen molar-refractivity contribution in [2.24, 2.45) is 0 Å². The Kier molecular flexibility index (Phi) is 8.30. The molecule has 1 aromatic heterocycles. The predicted molar refractivity (Wildman–Crippen MR) is 139 cm³/mol. The molecule has 4 aromatic rings. The van der Waals surface area contributed by atoms with Crippen molar-refractivity contribution in [1.29, 1.82) is 0 Å². The molecule has 0 aliphatic heterocycles. The molecule has 3 aromatic carbocycles. The van der Waals surface area contributed by atoms with Crippen LogP contribution in [0.2, 0.25) is 5.02 Å². The highest BCUT2D eigenvalue weighted by atomic mass is 35.5. The summed E-state index contributed by atoms with van der Waals surface area (Å²) in [4.78, 5) is 24.4. The summed E-state index contributed by atoms with van der Waals surface area (Å²) in [6, 6.07) is 21.9. The Hall–Kier alpha value is -3.63. The van der Waals surface area contributed by atoms with Gasteiger partial charge in [-0.3, -0.25) is 8.98 Å². The standard InChI is InChI=1S/C27H23ClN2O6S/c1-17-6-8-19(9-7-17)26(36-37(33)34)20-10-11-23(28)22(15-20)24-12-13-25(31)30(29-24)16-18-4-3-5-21(14-18)27(32)35-2/h3-15,26H,16H2,1-2H3,(H,33,34)/p-1. The van der Waals surface area contributed by atoms with Crippen LogP contribution in [-0.2, 0) is 26.8 Å². The fourth-order valence-corrected chi connectivity index (χ4v) is 4.41. The smallest absolute Gasteiger partial charge is 0.337 e. The van der Waals surface area contributed by atoms with E-state index in [1.54, 1.807) is 60.7 Å². The van der Waals surface area contributed by atoms with Gasteiger partial charge in [-0.1, -0.05) is 59.6 Å². The second kappa shape index (κ2) is 11.6. The van der Waals surface area contributed by atoms with E-state index < -0.39 is 23.4 Å². The zero-order chi connectivity index (χ0) is 26.5. The number of carbonyl (C=O) groups excluding carboxylic acids is 1. The minimum atomic E-state index is -2.77. The van der Waals surface area contributed by atoms with Crippen LogP contribution in [-0.4, -0.2) is 31.6 Å². The van der Waals surface area contributed by atoms with E-state index in [9.17, 15) is 18.4 Å². The van der Waals surface area contributed by atoms with Gasteiger partial charge < -0.3 is 9.29 Å². The van der Waals surface area contributed by atoms with E-state index in [1.165, 1.54) is 17.9 Å². The van der Waals surface area contributed by atoms with E-state index in [-0.39, 0.29) is 12.1 Å². The van der Waals surface area contributed by atoms with Gasteiger partial charge in [0.25, 0.3) is 5.56 Å². The minimum Gasteiger partial charge on any atom is -0.750 e. The summed E-state index contributed by atoms with van der Waals surface area (Å²) in [7, 11) is 1.30. The number of esters is 1. The maximum Gasteiger partial charge on any atom is 0.337 e. The quantitative estimate of drug-likeness (QED) is 0.238. The zero-order valence-electron chi connectivity index (χ0n) is 19.9. The second-order valence-electron chi connectivity index (χ2n) is 8.24. The number of halogens is 1. The van der Waals surface area contributed by atoms with Crippen molar-refractivity contribution in [1.82, 2.24) is 9.78 Å². The normalized spacial score (nSPS) is 12.6. The Labute approximate surface area is 220 Å². The molecule has 10 heteroatoms. The number of rotatable bonds is 8. The Balaban J connectivity index is 1.72. The molecule has 0 radical (unpaired) electrons. The topological polar surface area (TPSA) is 111 Å². The molecule has 0 aliphatic carbocycles. The molecule has 0 saturated carbocycles. The van der Waals surface area contributed by atoms with Gasteiger partial charge >= 0.3 is 5.97 Å². The molecule has 0 amide bonds. The lowest BCUT2D eigenvalue weighted by Crippen LogP contribution is -2.23. The van der Waals surface area contributed by atoms with Crippen molar-refractivity contribution in [3.8, 4) is 11.3 Å². The number of carbonyl (C=O) groups is 1. The van der Waals surface area contributed by atoms with Gasteiger partial charge in [0.15, 0.2) is 0 Å². The number of hydrogen-bond acceptors (Lipinski definition) is 7. The number of aryl methyl sites for hydroxylation is 1. The van der Waals surface area contributed by atoms with Crippen molar-refractivity contribution in [2.45, 2.75) is 19.6 Å². The van der Waals surface area contributed by atoms with Gasteiger partial charge in [-0.05, 0) is 53.9 Å². The molecule has 2 unspecified atom stereocenters. The summed E-state index contributed by atoms with van der Waals surface area (Å²) in [6.45, 7) is 2.04. The van der Waals surface area contributed by atoms with E-state index in [0.717, 1.165) is 5.56 Å². The Bertz CT molecular complexity index is 1520. The largest absolute Gasteiger partial charge is 0.750 e. The molecule has 8 nitrogen and oxygen atoms in total. The third-order valence-electron chi connectivity index (χ3n) is 5.67. The molecule has 0 spiro atoms. The lowest BCUT2D eigenvalue weighted by molar-refractivity contribution is 0.0600. The molecule has 0 fully saturated rings. The second-order valence-corrected chi connectivity index (χ2v) is 9.24. The molecular weight excluding hydrogens is 516 g/mol. The van der Waals surface area contributed by atoms with Crippen LogP contribution >= 0.6 is 11.6 Å². The Morgan fingerprint density at radius 1 is 1.05 bits per heavy atom. The highest BCUT2D eigenvalue weighted by Gasteiger charge is 2.19. The minimum absolute atomic E-state index is 0.110. The summed E-state index contributed by atoms with van der Waals surface area (Å²) in [5.74, 6) is -0.483. The fraction of sp³-hybridized carbons (Fsp3) is 0.148. The molecule has 0 bridgehead atoms. The van der Waals surface area contributed by atoms with Crippen molar-refractivity contribution < 1.29 is 22.5 Å². The maximum absolute atomic E-state index is 12.6. The molecule has 0 saturated heterocycles. The molecule has 4 rings (SSSR count). The molecule has 37 heavy (non-hydrogen) atoms. The van der Waals surface area contributed by atoms with Crippen LogP contribution in [0.25, 0.3) is 11.3 Å². The van der Waals surface area contributed by atoms with Gasteiger partial charge in [-0.25, -0.2) is 13.7 Å². The highest BCUT2D eigenvalue weighted by molar-refractivity contribution is 7.74.